The minimum atomic E-state index is 1.27. The molecule has 0 aliphatic heterocycles. The average molecular weight is 433 g/mol. The molecule has 0 unspecified atom stereocenters. The Labute approximate surface area is 200 Å². The van der Waals surface area contributed by atoms with Gasteiger partial charge in [0.1, 0.15) is 0 Å². The van der Waals surface area contributed by atoms with Crippen LogP contribution < -0.4 is 0 Å². The van der Waals surface area contributed by atoms with Crippen LogP contribution in [0.1, 0.15) is 11.1 Å². The van der Waals surface area contributed by atoms with Gasteiger partial charge in [0.15, 0.2) is 0 Å². The Morgan fingerprint density at radius 2 is 0.794 bits per heavy atom. The van der Waals surface area contributed by atoms with E-state index in [-0.39, 0.29) is 0 Å². The standard InChI is InChI=1S/C34H24/c1-21-30-26(23-11-5-3-6-12-23)19-20-27(24-13-7-4-8-14-24)31(30)22(2)33-29-18-10-16-25-15-9-17-28(32(21)33)34(25)29/h3-20H,1-2H3. The van der Waals surface area contributed by atoms with Gasteiger partial charge in [0.25, 0.3) is 0 Å². The summed E-state index contributed by atoms with van der Waals surface area (Å²) in [5.74, 6) is 0. The number of hydrogen-bond donors (Lipinski definition) is 0. The van der Waals surface area contributed by atoms with Crippen LogP contribution in [0, 0.1) is 13.8 Å². The van der Waals surface area contributed by atoms with Crippen LogP contribution in [0.2, 0.25) is 0 Å². The highest BCUT2D eigenvalue weighted by Crippen LogP contribution is 2.54. The third-order valence-electron chi connectivity index (χ3n) is 7.57. The first-order valence-corrected chi connectivity index (χ1v) is 12.0. The number of fused-ring (bicyclic) bond motifs is 4. The molecule has 0 amide bonds. The van der Waals surface area contributed by atoms with E-state index in [4.69, 9.17) is 0 Å². The SMILES string of the molecule is Cc1c2c(c(C)c3c(-c4ccccc4)ccc(-c4ccccc4)c13)-c1cccc3cccc-2c13. The summed E-state index contributed by atoms with van der Waals surface area (Å²) < 4.78 is 0. The maximum Gasteiger partial charge on any atom is -0.00262 e. The van der Waals surface area contributed by atoms with Crippen LogP contribution >= 0.6 is 0 Å². The molecule has 0 N–H and O–H groups in total. The van der Waals surface area contributed by atoms with E-state index in [9.17, 15) is 0 Å². The molecule has 0 aromatic heterocycles. The molecule has 0 heterocycles. The lowest BCUT2D eigenvalue weighted by Gasteiger charge is -2.21. The second-order valence-corrected chi connectivity index (χ2v) is 9.35. The fraction of sp³-hybridized carbons (Fsp3) is 0.0588. The second-order valence-electron chi connectivity index (χ2n) is 9.35. The lowest BCUT2D eigenvalue weighted by molar-refractivity contribution is 1.46. The fourth-order valence-corrected chi connectivity index (χ4v) is 6.15. The van der Waals surface area contributed by atoms with E-state index in [1.54, 1.807) is 0 Å². The van der Waals surface area contributed by atoms with Gasteiger partial charge in [-0.25, -0.2) is 0 Å². The number of rotatable bonds is 2. The maximum atomic E-state index is 2.33. The van der Waals surface area contributed by atoms with E-state index in [2.05, 4.69) is 123 Å². The van der Waals surface area contributed by atoms with Crippen molar-refractivity contribution in [3.8, 4) is 44.5 Å². The number of benzene rings is 6. The predicted molar refractivity (Wildman–Crippen MR) is 146 cm³/mol. The van der Waals surface area contributed by atoms with E-state index in [1.165, 1.54) is 77.2 Å². The third-order valence-corrected chi connectivity index (χ3v) is 7.57. The first-order chi connectivity index (χ1) is 16.7. The van der Waals surface area contributed by atoms with Crippen molar-refractivity contribution in [2.24, 2.45) is 0 Å². The quantitative estimate of drug-likeness (QED) is 0.255. The third kappa shape index (κ3) is 2.54. The van der Waals surface area contributed by atoms with E-state index in [0.29, 0.717) is 0 Å². The number of hydrogen-bond acceptors (Lipinski definition) is 0. The lowest BCUT2D eigenvalue weighted by Crippen LogP contribution is -1.96. The summed E-state index contributed by atoms with van der Waals surface area (Å²) in [5.41, 5.74) is 13.4. The first kappa shape index (κ1) is 19.3. The van der Waals surface area contributed by atoms with Crippen LogP contribution in [0.25, 0.3) is 66.1 Å². The van der Waals surface area contributed by atoms with Crippen LogP contribution in [0.3, 0.4) is 0 Å². The molecule has 34 heavy (non-hydrogen) atoms. The fourth-order valence-electron chi connectivity index (χ4n) is 6.15. The molecule has 6 aromatic carbocycles. The minimum Gasteiger partial charge on any atom is -0.0622 e. The van der Waals surface area contributed by atoms with Gasteiger partial charge in [0.05, 0.1) is 0 Å². The molecule has 0 heteroatoms. The van der Waals surface area contributed by atoms with Gasteiger partial charge in [-0.3, -0.25) is 0 Å². The van der Waals surface area contributed by atoms with Gasteiger partial charge in [0.2, 0.25) is 0 Å². The predicted octanol–water partition coefficient (Wildman–Crippen LogP) is 9.59. The molecule has 6 aromatic rings. The van der Waals surface area contributed by atoms with Gasteiger partial charge >= 0.3 is 0 Å². The van der Waals surface area contributed by atoms with Crippen molar-refractivity contribution in [3.63, 3.8) is 0 Å². The highest BCUT2D eigenvalue weighted by atomic mass is 14.3. The zero-order chi connectivity index (χ0) is 22.8. The van der Waals surface area contributed by atoms with Crippen molar-refractivity contribution in [1.82, 2.24) is 0 Å². The molecular formula is C34H24. The first-order valence-electron chi connectivity index (χ1n) is 12.0. The Morgan fingerprint density at radius 1 is 0.353 bits per heavy atom. The zero-order valence-electron chi connectivity index (χ0n) is 19.4. The molecule has 1 aliphatic rings. The minimum absolute atomic E-state index is 1.27. The maximum absolute atomic E-state index is 2.33. The van der Waals surface area contributed by atoms with Gasteiger partial charge < -0.3 is 0 Å². The van der Waals surface area contributed by atoms with Crippen molar-refractivity contribution in [1.29, 1.82) is 0 Å². The summed E-state index contributed by atoms with van der Waals surface area (Å²) in [6, 6.07) is 39.8. The van der Waals surface area contributed by atoms with Crippen molar-refractivity contribution >= 4 is 21.5 Å². The molecule has 0 spiro atoms. The Bertz CT molecular complexity index is 1610. The van der Waals surface area contributed by atoms with Crippen LogP contribution in [0.5, 0.6) is 0 Å². The van der Waals surface area contributed by atoms with Crippen molar-refractivity contribution in [2.45, 2.75) is 13.8 Å². The van der Waals surface area contributed by atoms with Crippen LogP contribution in [-0.4, -0.2) is 0 Å². The van der Waals surface area contributed by atoms with Gasteiger partial charge in [0, 0.05) is 0 Å². The Balaban J connectivity index is 1.71. The van der Waals surface area contributed by atoms with E-state index in [1.807, 2.05) is 0 Å². The van der Waals surface area contributed by atoms with E-state index >= 15 is 0 Å². The Kier molecular flexibility index (Phi) is 4.07. The van der Waals surface area contributed by atoms with Crippen molar-refractivity contribution in [2.75, 3.05) is 0 Å². The van der Waals surface area contributed by atoms with E-state index in [0.717, 1.165) is 0 Å². The van der Waals surface area contributed by atoms with Gasteiger partial charge in [-0.05, 0) is 91.0 Å². The monoisotopic (exact) mass is 432 g/mol. The van der Waals surface area contributed by atoms with Crippen LogP contribution in [0.15, 0.2) is 109 Å². The highest BCUT2D eigenvalue weighted by molar-refractivity contribution is 6.22. The van der Waals surface area contributed by atoms with E-state index < -0.39 is 0 Å². The summed E-state index contributed by atoms with van der Waals surface area (Å²) in [4.78, 5) is 0. The summed E-state index contributed by atoms with van der Waals surface area (Å²) in [6.45, 7) is 4.65. The number of aryl methyl sites for hydroxylation is 2. The molecule has 0 saturated heterocycles. The van der Waals surface area contributed by atoms with Crippen molar-refractivity contribution in [3.05, 3.63) is 120 Å². The second kappa shape index (κ2) is 7.17. The molecule has 0 radical (unpaired) electrons. The molecular weight excluding hydrogens is 408 g/mol. The molecule has 1 aliphatic carbocycles. The van der Waals surface area contributed by atoms with Crippen LogP contribution in [-0.2, 0) is 0 Å². The Morgan fingerprint density at radius 3 is 1.24 bits per heavy atom. The normalized spacial score (nSPS) is 11.8. The molecule has 0 fully saturated rings. The highest BCUT2D eigenvalue weighted by Gasteiger charge is 2.28. The molecule has 0 saturated carbocycles. The molecule has 0 atom stereocenters. The van der Waals surface area contributed by atoms with Gasteiger partial charge in [-0.2, -0.15) is 0 Å². The molecule has 0 nitrogen and oxygen atoms in total. The molecule has 7 rings (SSSR count). The van der Waals surface area contributed by atoms with Gasteiger partial charge in [-0.15, -0.1) is 0 Å². The summed E-state index contributed by atoms with van der Waals surface area (Å²) in [5, 5.41) is 5.45. The summed E-state index contributed by atoms with van der Waals surface area (Å²) in [6.07, 6.45) is 0. The zero-order valence-corrected chi connectivity index (χ0v) is 19.4. The van der Waals surface area contributed by atoms with Crippen LogP contribution in [0.4, 0.5) is 0 Å². The topological polar surface area (TPSA) is 0 Å². The van der Waals surface area contributed by atoms with Gasteiger partial charge in [-0.1, -0.05) is 109 Å². The van der Waals surface area contributed by atoms with Crippen molar-refractivity contribution < 1.29 is 0 Å². The summed E-state index contributed by atoms with van der Waals surface area (Å²) in [7, 11) is 0. The summed E-state index contributed by atoms with van der Waals surface area (Å²) >= 11 is 0. The lowest BCUT2D eigenvalue weighted by atomic mass is 9.82. The Hall–Kier alpha value is -4.16. The smallest absolute Gasteiger partial charge is 0.00262 e. The average Bonchev–Trinajstić information content (AvgIpc) is 3.24. The largest absolute Gasteiger partial charge is 0.0622 e. The molecule has 160 valence electrons. The molecule has 0 bridgehead atoms.